The molecule has 0 aliphatic rings. The molecule has 0 spiro atoms. The summed E-state index contributed by atoms with van der Waals surface area (Å²) in [6.45, 7) is 1.47. The van der Waals surface area contributed by atoms with Gasteiger partial charge in [-0.1, -0.05) is 0 Å². The standard InChI is InChI=1S/C7H8F3N3/c1-4-2-5(7(8,9)10)3-13(12)6(4)11/h2-3,11H,12H2,1H3/p+1. The zero-order valence-corrected chi connectivity index (χ0v) is 6.89. The molecule has 0 aromatic carbocycles. The molecule has 0 fully saturated rings. The molecule has 4 N–H and O–H groups in total. The van der Waals surface area contributed by atoms with E-state index in [0.717, 1.165) is 16.9 Å². The van der Waals surface area contributed by atoms with E-state index in [1.807, 2.05) is 0 Å². The third-order valence-corrected chi connectivity index (χ3v) is 1.66. The van der Waals surface area contributed by atoms with Gasteiger partial charge < -0.3 is 0 Å². The average molecular weight is 192 g/mol. The van der Waals surface area contributed by atoms with Crippen LogP contribution in [0.1, 0.15) is 11.1 Å². The Morgan fingerprint density at radius 1 is 1.38 bits per heavy atom. The number of aryl methyl sites for hydroxylation is 1. The van der Waals surface area contributed by atoms with Crippen LogP contribution in [-0.2, 0) is 6.18 Å². The van der Waals surface area contributed by atoms with E-state index in [4.69, 9.17) is 11.6 Å². The third kappa shape index (κ3) is 1.82. The quantitative estimate of drug-likeness (QED) is 0.467. The Labute approximate surface area is 72.7 Å². The number of pyridine rings is 1. The highest BCUT2D eigenvalue weighted by molar-refractivity contribution is 5.35. The molecular formula is C7H9F3N3+. The SMILES string of the molecule is Cc1cc(C(F)(F)F)c[n+](N)c1N. The lowest BCUT2D eigenvalue weighted by molar-refractivity contribution is -0.625. The van der Waals surface area contributed by atoms with Gasteiger partial charge in [-0.2, -0.15) is 13.2 Å². The number of rotatable bonds is 0. The van der Waals surface area contributed by atoms with Crippen LogP contribution in [0.15, 0.2) is 12.3 Å². The summed E-state index contributed by atoms with van der Waals surface area (Å²) in [5.74, 6) is 5.33. The summed E-state index contributed by atoms with van der Waals surface area (Å²) in [5, 5.41) is 0. The molecule has 1 aromatic heterocycles. The summed E-state index contributed by atoms with van der Waals surface area (Å²) < 4.78 is 37.3. The first kappa shape index (κ1) is 9.63. The number of nitrogen functional groups attached to an aromatic ring is 2. The molecule has 0 amide bonds. The second kappa shape index (κ2) is 2.79. The van der Waals surface area contributed by atoms with Gasteiger partial charge in [-0.25, -0.2) is 0 Å². The third-order valence-electron chi connectivity index (χ3n) is 1.66. The Hall–Kier alpha value is -1.46. The predicted octanol–water partition coefficient (Wildman–Crippen LogP) is 0.597. The van der Waals surface area contributed by atoms with E-state index < -0.39 is 11.7 Å². The predicted molar refractivity (Wildman–Crippen MR) is 40.9 cm³/mol. The fourth-order valence-electron chi connectivity index (χ4n) is 0.923. The first-order valence-corrected chi connectivity index (χ1v) is 3.46. The Morgan fingerprint density at radius 2 is 1.92 bits per heavy atom. The van der Waals surface area contributed by atoms with Crippen molar-refractivity contribution in [2.24, 2.45) is 0 Å². The van der Waals surface area contributed by atoms with Crippen molar-refractivity contribution in [3.8, 4) is 0 Å². The molecule has 72 valence electrons. The molecule has 6 heteroatoms. The molecule has 0 saturated heterocycles. The number of nitrogens with zero attached hydrogens (tertiary/aromatic N) is 1. The highest BCUT2D eigenvalue weighted by atomic mass is 19.4. The monoisotopic (exact) mass is 192 g/mol. The molecule has 13 heavy (non-hydrogen) atoms. The molecule has 1 heterocycles. The van der Waals surface area contributed by atoms with Gasteiger partial charge >= 0.3 is 6.18 Å². The van der Waals surface area contributed by atoms with Gasteiger partial charge in [-0.3, -0.25) is 11.6 Å². The second-order valence-corrected chi connectivity index (χ2v) is 2.70. The number of alkyl halides is 3. The normalized spacial score (nSPS) is 11.7. The lowest BCUT2D eigenvalue weighted by Crippen LogP contribution is -2.48. The smallest absolute Gasteiger partial charge is 0.285 e. The van der Waals surface area contributed by atoms with Gasteiger partial charge in [0.2, 0.25) is 0 Å². The van der Waals surface area contributed by atoms with E-state index in [-0.39, 0.29) is 5.82 Å². The number of hydrogen-bond donors (Lipinski definition) is 2. The second-order valence-electron chi connectivity index (χ2n) is 2.70. The summed E-state index contributed by atoms with van der Waals surface area (Å²) in [7, 11) is 0. The first-order valence-electron chi connectivity index (χ1n) is 3.46. The van der Waals surface area contributed by atoms with Gasteiger partial charge in [0.15, 0.2) is 0 Å². The summed E-state index contributed by atoms with van der Waals surface area (Å²) in [6.07, 6.45) is -3.64. The fraction of sp³-hybridized carbons (Fsp3) is 0.286. The number of halogens is 3. The minimum absolute atomic E-state index is 0.119. The maximum Gasteiger partial charge on any atom is 0.419 e. The van der Waals surface area contributed by atoms with Crippen molar-refractivity contribution >= 4 is 5.82 Å². The number of aromatic nitrogens is 1. The molecule has 0 aliphatic carbocycles. The maximum absolute atomic E-state index is 12.2. The van der Waals surface area contributed by atoms with E-state index in [1.165, 1.54) is 6.92 Å². The first-order chi connectivity index (χ1) is 5.82. The van der Waals surface area contributed by atoms with Crippen LogP contribution in [0.2, 0.25) is 0 Å². The summed E-state index contributed by atoms with van der Waals surface area (Å²) in [5.41, 5.74) is 4.86. The van der Waals surface area contributed by atoms with E-state index >= 15 is 0 Å². The Morgan fingerprint density at radius 3 is 2.31 bits per heavy atom. The Kier molecular flexibility index (Phi) is 2.07. The number of anilines is 1. The van der Waals surface area contributed by atoms with Crippen molar-refractivity contribution in [3.05, 3.63) is 23.4 Å². The van der Waals surface area contributed by atoms with Crippen LogP contribution >= 0.6 is 0 Å². The van der Waals surface area contributed by atoms with E-state index in [0.29, 0.717) is 5.56 Å². The molecule has 0 unspecified atom stereocenters. The minimum atomic E-state index is -4.39. The van der Waals surface area contributed by atoms with Crippen molar-refractivity contribution in [1.82, 2.24) is 0 Å². The zero-order valence-electron chi connectivity index (χ0n) is 6.89. The largest absolute Gasteiger partial charge is 0.419 e. The lowest BCUT2D eigenvalue weighted by Gasteiger charge is -2.07. The van der Waals surface area contributed by atoms with Crippen molar-refractivity contribution in [2.75, 3.05) is 11.6 Å². The van der Waals surface area contributed by atoms with Gasteiger partial charge in [0.05, 0.1) is 5.56 Å². The highest BCUT2D eigenvalue weighted by Crippen LogP contribution is 2.29. The van der Waals surface area contributed by atoms with Crippen molar-refractivity contribution in [1.29, 1.82) is 0 Å². The van der Waals surface area contributed by atoms with Crippen LogP contribution in [0, 0.1) is 6.92 Å². The van der Waals surface area contributed by atoms with Crippen LogP contribution in [0.5, 0.6) is 0 Å². The molecule has 1 rings (SSSR count). The van der Waals surface area contributed by atoms with Crippen molar-refractivity contribution in [3.63, 3.8) is 0 Å². The zero-order chi connectivity index (χ0) is 10.2. The van der Waals surface area contributed by atoms with Crippen LogP contribution < -0.4 is 16.3 Å². The maximum atomic E-state index is 12.2. The van der Waals surface area contributed by atoms with E-state index in [9.17, 15) is 13.2 Å². The molecule has 0 radical (unpaired) electrons. The van der Waals surface area contributed by atoms with Gasteiger partial charge in [-0.15, -0.1) is 4.68 Å². The molecule has 0 atom stereocenters. The van der Waals surface area contributed by atoms with Gasteiger partial charge in [0.1, 0.15) is 6.20 Å². The van der Waals surface area contributed by atoms with Crippen LogP contribution in [0.3, 0.4) is 0 Å². The van der Waals surface area contributed by atoms with Crippen molar-refractivity contribution in [2.45, 2.75) is 13.1 Å². The van der Waals surface area contributed by atoms with Crippen LogP contribution in [0.4, 0.5) is 19.0 Å². The lowest BCUT2D eigenvalue weighted by atomic mass is 10.2. The van der Waals surface area contributed by atoms with E-state index in [2.05, 4.69) is 0 Å². The topological polar surface area (TPSA) is 55.9 Å². The fourth-order valence-corrected chi connectivity index (χ4v) is 0.923. The number of hydrogen-bond acceptors (Lipinski definition) is 2. The van der Waals surface area contributed by atoms with Crippen molar-refractivity contribution < 1.29 is 17.8 Å². The van der Waals surface area contributed by atoms with Gasteiger partial charge in [-0.05, 0) is 13.0 Å². The Bertz CT molecular complexity index is 309. The van der Waals surface area contributed by atoms with Crippen LogP contribution in [-0.4, -0.2) is 0 Å². The molecular weight excluding hydrogens is 183 g/mol. The van der Waals surface area contributed by atoms with Gasteiger partial charge in [0.25, 0.3) is 5.82 Å². The van der Waals surface area contributed by atoms with Gasteiger partial charge in [0, 0.05) is 5.56 Å². The molecule has 0 saturated carbocycles. The van der Waals surface area contributed by atoms with Crippen LogP contribution in [0.25, 0.3) is 0 Å². The summed E-state index contributed by atoms with van der Waals surface area (Å²) >= 11 is 0. The molecule has 3 nitrogen and oxygen atoms in total. The number of nitrogens with two attached hydrogens (primary N) is 2. The molecule has 1 aromatic rings. The Balaban J connectivity index is 3.29. The molecule has 0 aliphatic heterocycles. The molecule has 0 bridgehead atoms. The summed E-state index contributed by atoms with van der Waals surface area (Å²) in [6, 6.07) is 0.957. The van der Waals surface area contributed by atoms with E-state index in [1.54, 1.807) is 0 Å². The summed E-state index contributed by atoms with van der Waals surface area (Å²) in [4.78, 5) is 0. The average Bonchev–Trinajstić information content (AvgIpc) is 1.97. The minimum Gasteiger partial charge on any atom is -0.285 e. The highest BCUT2D eigenvalue weighted by Gasteiger charge is 2.33.